The lowest BCUT2D eigenvalue weighted by Crippen LogP contribution is -2.32. The Balaban J connectivity index is 0.571. The fourth-order valence-corrected chi connectivity index (χ4v) is 20.9. The molecule has 15 aromatic carbocycles. The van der Waals surface area contributed by atoms with Gasteiger partial charge >= 0.3 is 0 Å². The minimum absolute atomic E-state index is 0.652. The molecule has 0 saturated carbocycles. The predicted octanol–water partition coefficient (Wildman–Crippen LogP) is 29.7. The summed E-state index contributed by atoms with van der Waals surface area (Å²) in [5, 5.41) is 0. The minimum atomic E-state index is -0.770. The zero-order chi connectivity index (χ0) is 85.7. The summed E-state index contributed by atoms with van der Waals surface area (Å²) in [6.07, 6.45) is 10.8. The topological polar surface area (TPSA) is 95.8 Å². The maximum Gasteiger partial charge on any atom is 0.160 e. The quantitative estimate of drug-likeness (QED) is 0.0740. The van der Waals surface area contributed by atoms with E-state index in [4.69, 9.17) is 34.4 Å². The number of hydrogen-bond acceptors (Lipinski definition) is 8. The van der Waals surface area contributed by atoms with E-state index in [2.05, 4.69) is 421 Å². The zero-order valence-electron chi connectivity index (χ0n) is 71.4. The molecule has 0 bridgehead atoms. The molecule has 2 unspecified atom stereocenters. The van der Waals surface area contributed by atoms with Gasteiger partial charge in [0.2, 0.25) is 0 Å². The molecule has 0 amide bonds. The van der Waals surface area contributed by atoms with Crippen molar-refractivity contribution in [2.45, 2.75) is 51.9 Å². The van der Waals surface area contributed by atoms with Gasteiger partial charge in [0, 0.05) is 85.5 Å². The van der Waals surface area contributed by atoms with Crippen LogP contribution >= 0.6 is 0 Å². The summed E-state index contributed by atoms with van der Waals surface area (Å²) in [5.41, 5.74) is 40.4. The van der Waals surface area contributed by atoms with Crippen molar-refractivity contribution in [2.75, 3.05) is 0 Å². The van der Waals surface area contributed by atoms with Crippen LogP contribution < -0.4 is 9.47 Å². The van der Waals surface area contributed by atoms with Crippen molar-refractivity contribution in [1.29, 1.82) is 0 Å². The summed E-state index contributed by atoms with van der Waals surface area (Å²) < 4.78 is 14.4. The first kappa shape index (κ1) is 76.7. The van der Waals surface area contributed by atoms with E-state index in [9.17, 15) is 0 Å². The lowest BCUT2D eigenvalue weighted by atomic mass is 9.65. The second-order valence-corrected chi connectivity index (χ2v) is 34.0. The monoisotopic (exact) mass is 1640 g/mol. The Bertz CT molecular complexity index is 7820. The number of para-hydroxylation sites is 3. The van der Waals surface area contributed by atoms with E-state index in [0.29, 0.717) is 18.1 Å². The fourth-order valence-electron chi connectivity index (χ4n) is 20.9. The van der Waals surface area contributed by atoms with E-state index in [1.807, 2.05) is 25.5 Å². The highest BCUT2D eigenvalue weighted by molar-refractivity contribution is 6.01. The Hall–Kier alpha value is -16.2. The van der Waals surface area contributed by atoms with Gasteiger partial charge in [-0.2, -0.15) is 0 Å². The number of allylic oxidation sites excluding steroid dienone is 4. The number of nitrogens with zero attached hydrogens (tertiary/aromatic N) is 6. The second kappa shape index (κ2) is 31.3. The van der Waals surface area contributed by atoms with Crippen LogP contribution in [-0.4, -0.2) is 29.9 Å². The summed E-state index contributed by atoms with van der Waals surface area (Å²) in [7, 11) is 0. The Labute approximate surface area is 745 Å². The van der Waals surface area contributed by atoms with Crippen molar-refractivity contribution >= 4 is 11.1 Å². The van der Waals surface area contributed by atoms with E-state index in [1.54, 1.807) is 0 Å². The molecule has 6 heterocycles. The molecule has 2 aliphatic carbocycles. The third kappa shape index (κ3) is 12.7. The average Bonchev–Trinajstić information content (AvgIpc) is 1.51. The molecule has 23 rings (SSSR count). The van der Waals surface area contributed by atoms with Crippen molar-refractivity contribution in [2.24, 2.45) is 0 Å². The molecule has 0 radical (unpaired) electrons. The molecule has 19 aromatic rings. The van der Waals surface area contributed by atoms with E-state index in [-0.39, 0.29) is 0 Å². The van der Waals surface area contributed by atoms with Gasteiger partial charge in [-0.05, 0) is 242 Å². The normalized spacial score (nSPS) is 14.8. The Morgan fingerprint density at radius 2 is 0.852 bits per heavy atom. The van der Waals surface area contributed by atoms with Gasteiger partial charge in [0.05, 0.1) is 33.6 Å². The van der Waals surface area contributed by atoms with Gasteiger partial charge in [-0.1, -0.05) is 315 Å². The molecule has 4 aliphatic rings. The van der Waals surface area contributed by atoms with Crippen LogP contribution in [-0.2, 0) is 17.3 Å². The van der Waals surface area contributed by atoms with E-state index >= 15 is 0 Å². The summed E-state index contributed by atoms with van der Waals surface area (Å²) >= 11 is 0. The predicted molar refractivity (Wildman–Crippen MR) is 520 cm³/mol. The fraction of sp³-hybridized carbons (Fsp3) is 0.0667. The van der Waals surface area contributed by atoms with Crippen molar-refractivity contribution < 1.29 is 9.47 Å². The lowest BCUT2D eigenvalue weighted by Gasteiger charge is -2.40. The summed E-state index contributed by atoms with van der Waals surface area (Å²) in [5.74, 6) is 4.66. The van der Waals surface area contributed by atoms with Crippen LogP contribution in [0.3, 0.4) is 0 Å². The van der Waals surface area contributed by atoms with Crippen LogP contribution in [0.15, 0.2) is 407 Å². The van der Waals surface area contributed by atoms with E-state index in [1.165, 1.54) is 22.3 Å². The second-order valence-electron chi connectivity index (χ2n) is 34.0. The zero-order valence-corrected chi connectivity index (χ0v) is 71.4. The number of rotatable bonds is 15. The lowest BCUT2D eigenvalue weighted by molar-refractivity contribution is 0.435. The van der Waals surface area contributed by atoms with Gasteiger partial charge in [-0.3, -0.25) is 9.97 Å². The molecule has 128 heavy (non-hydrogen) atoms. The first-order valence-corrected chi connectivity index (χ1v) is 43.9. The Kier molecular flexibility index (Phi) is 18.7. The molecule has 8 heteroatoms. The molecule has 2 aliphatic heterocycles. The van der Waals surface area contributed by atoms with Crippen LogP contribution in [0.1, 0.15) is 97.7 Å². The number of ether oxygens (including phenoxy) is 2. The van der Waals surface area contributed by atoms with E-state index < -0.39 is 10.8 Å². The standard InChI is InChI=1S/C120H84N6O2/c1-6-29-89(83-35-25-34-82(67-83)88-62-74(2)72-121-73-88)76(4)90-44-27-51-106-117(90)128-114-53-24-22-49-104(114)120(106)101-46-19-17-41-94(101)95-58-55-87(70-107(95)120)118-123-75(3)63-110(126-118)97-57-54-78(65-100(97)81-32-11-8-12-33-81)64-79-60-61-122-109(66-79)86-37-26-36-84(68-86)92-39-13-14-40-93(92)85-56-59-115-108(69-85)119(103-48-21-23-52-113(103)127-115)102-47-20-18-43-98(102)116-99(45-28-50-105(116)119)112-71-111(124-77(5)125-112)96-42-16-15-38-91(96)80-30-9-7-10-31-80/h6-63,65-73H,64H2,1-5H3/b29-6-,89-76-. The number of fused-ring (bicyclic) bond motifs is 18. The maximum absolute atomic E-state index is 7.33. The highest BCUT2D eigenvalue weighted by Gasteiger charge is 2.54. The van der Waals surface area contributed by atoms with Crippen LogP contribution in [0.4, 0.5) is 0 Å². The van der Waals surface area contributed by atoms with E-state index in [0.717, 1.165) is 218 Å². The number of benzene rings is 15. The maximum atomic E-state index is 7.33. The number of pyridine rings is 2. The van der Waals surface area contributed by atoms with Crippen LogP contribution in [0.5, 0.6) is 23.0 Å². The Morgan fingerprint density at radius 1 is 0.320 bits per heavy atom. The highest BCUT2D eigenvalue weighted by Crippen LogP contribution is 2.66. The first-order chi connectivity index (χ1) is 63.0. The molecule has 2 spiro atoms. The molecular formula is C120H84N6O2. The van der Waals surface area contributed by atoms with Gasteiger partial charge in [0.25, 0.3) is 0 Å². The first-order valence-electron chi connectivity index (χ1n) is 43.9. The Morgan fingerprint density at radius 3 is 1.61 bits per heavy atom. The molecule has 2 atom stereocenters. The smallest absolute Gasteiger partial charge is 0.160 e. The van der Waals surface area contributed by atoms with Crippen molar-refractivity contribution in [3.8, 4) is 157 Å². The molecule has 606 valence electrons. The number of hydrogen-bond donors (Lipinski definition) is 0. The van der Waals surface area contributed by atoms with Crippen molar-refractivity contribution in [3.63, 3.8) is 0 Å². The van der Waals surface area contributed by atoms with Gasteiger partial charge in [-0.15, -0.1) is 0 Å². The minimum Gasteiger partial charge on any atom is -0.457 e. The number of aryl methyl sites for hydroxylation is 3. The highest BCUT2D eigenvalue weighted by atomic mass is 16.5. The summed E-state index contributed by atoms with van der Waals surface area (Å²) in [4.78, 5) is 31.0. The molecule has 0 N–H and O–H groups in total. The van der Waals surface area contributed by atoms with Gasteiger partial charge in [0.1, 0.15) is 28.8 Å². The molecule has 0 fully saturated rings. The van der Waals surface area contributed by atoms with Gasteiger partial charge in [0.15, 0.2) is 5.82 Å². The third-order valence-corrected chi connectivity index (χ3v) is 26.4. The van der Waals surface area contributed by atoms with Gasteiger partial charge < -0.3 is 9.47 Å². The molecule has 0 saturated heterocycles. The van der Waals surface area contributed by atoms with Crippen molar-refractivity contribution in [1.82, 2.24) is 29.9 Å². The summed E-state index contributed by atoms with van der Waals surface area (Å²) in [6, 6.07) is 136. The van der Waals surface area contributed by atoms with Crippen LogP contribution in [0, 0.1) is 20.8 Å². The van der Waals surface area contributed by atoms with Crippen LogP contribution in [0.25, 0.3) is 145 Å². The number of aromatic nitrogens is 6. The molecule has 8 nitrogen and oxygen atoms in total. The average molecular weight is 1640 g/mol. The SMILES string of the molecule is C/C=C\C(=C(/C)c1cccc2c1Oc1ccccc1C21c2ccccc2-c2ccc(-c3nc(C)cc(-c4ccc(Cc5ccnc(-c6cccc(-c7ccccc7-c7ccc8c(c7)C7(c9ccccc9O8)c8ccccc8-c8c(-c9cc(-c%10ccccc%10-c%10ccccc%10)nc(C)n9)cccc87)c6)c5)cc4-c4ccccc4)n3)cc21)c1cccc(-c2cncc(C)c2)c1. The molecular weight excluding hydrogens is 1560 g/mol. The summed E-state index contributed by atoms with van der Waals surface area (Å²) in [6.45, 7) is 10.5. The molecule has 4 aromatic heterocycles. The van der Waals surface area contributed by atoms with Gasteiger partial charge in [-0.25, -0.2) is 19.9 Å². The van der Waals surface area contributed by atoms with Crippen molar-refractivity contribution in [3.05, 3.63) is 491 Å². The third-order valence-electron chi connectivity index (χ3n) is 26.4. The van der Waals surface area contributed by atoms with Crippen LogP contribution in [0.2, 0.25) is 0 Å². The largest absolute Gasteiger partial charge is 0.457 e.